The summed E-state index contributed by atoms with van der Waals surface area (Å²) in [4.78, 5) is 2.52. The van der Waals surface area contributed by atoms with Crippen LogP contribution in [0.25, 0.3) is 0 Å². The van der Waals surface area contributed by atoms with Crippen molar-refractivity contribution in [2.24, 2.45) is 17.6 Å². The first kappa shape index (κ1) is 14.4. The topological polar surface area (TPSA) is 29.3 Å². The Balaban J connectivity index is 1.95. The lowest BCUT2D eigenvalue weighted by molar-refractivity contribution is 0.423. The van der Waals surface area contributed by atoms with Gasteiger partial charge >= 0.3 is 0 Å². The highest BCUT2D eigenvalue weighted by Gasteiger charge is 2.24. The van der Waals surface area contributed by atoms with E-state index < -0.39 is 0 Å². The molecule has 2 unspecified atom stereocenters. The monoisotopic (exact) mass is 260 g/mol. The van der Waals surface area contributed by atoms with Crippen LogP contribution in [0.1, 0.15) is 39.2 Å². The first-order chi connectivity index (χ1) is 9.10. The van der Waals surface area contributed by atoms with Crippen molar-refractivity contribution >= 4 is 5.69 Å². The number of hydrogen-bond acceptors (Lipinski definition) is 2. The van der Waals surface area contributed by atoms with E-state index in [0.717, 1.165) is 24.7 Å². The third kappa shape index (κ3) is 3.73. The average molecular weight is 260 g/mol. The van der Waals surface area contributed by atoms with E-state index in [-0.39, 0.29) is 0 Å². The van der Waals surface area contributed by atoms with Crippen molar-refractivity contribution in [1.29, 1.82) is 0 Å². The summed E-state index contributed by atoms with van der Waals surface area (Å²) in [6.07, 6.45) is 3.37. The number of anilines is 1. The Kier molecular flexibility index (Phi) is 4.87. The predicted molar refractivity (Wildman–Crippen MR) is 83.6 cm³/mol. The summed E-state index contributed by atoms with van der Waals surface area (Å²) in [5.74, 6) is 1.65. The van der Waals surface area contributed by atoms with Crippen molar-refractivity contribution in [3.8, 4) is 0 Å². The average Bonchev–Trinajstić information content (AvgIpc) is 2.89. The number of nitrogens with zero attached hydrogens (tertiary/aromatic N) is 1. The van der Waals surface area contributed by atoms with Crippen LogP contribution in [-0.4, -0.2) is 19.1 Å². The lowest BCUT2D eigenvalue weighted by Gasteiger charge is -2.20. The molecule has 1 aliphatic heterocycles. The van der Waals surface area contributed by atoms with E-state index in [1.54, 1.807) is 0 Å². The van der Waals surface area contributed by atoms with Gasteiger partial charge in [0, 0.05) is 24.8 Å². The van der Waals surface area contributed by atoms with Crippen LogP contribution in [0.15, 0.2) is 24.3 Å². The number of hydrogen-bond donors (Lipinski definition) is 1. The minimum absolute atomic E-state index is 0.294. The van der Waals surface area contributed by atoms with Crippen LogP contribution in [0.2, 0.25) is 0 Å². The van der Waals surface area contributed by atoms with E-state index in [1.165, 1.54) is 30.8 Å². The van der Waals surface area contributed by atoms with Gasteiger partial charge in [-0.15, -0.1) is 0 Å². The molecule has 1 saturated heterocycles. The fourth-order valence-electron chi connectivity index (χ4n) is 2.86. The van der Waals surface area contributed by atoms with E-state index in [9.17, 15) is 0 Å². The Hall–Kier alpha value is -1.02. The molecule has 106 valence electrons. The van der Waals surface area contributed by atoms with Crippen LogP contribution >= 0.6 is 0 Å². The van der Waals surface area contributed by atoms with E-state index in [1.807, 2.05) is 0 Å². The molecular formula is C17H28N2. The lowest BCUT2D eigenvalue weighted by Crippen LogP contribution is -2.22. The molecule has 1 aromatic carbocycles. The summed E-state index contributed by atoms with van der Waals surface area (Å²) in [6, 6.07) is 9.31. The third-order valence-electron chi connectivity index (χ3n) is 4.49. The number of benzene rings is 1. The molecule has 0 aliphatic carbocycles. The Bertz CT molecular complexity index is 383. The Morgan fingerprint density at radius 1 is 1.26 bits per heavy atom. The first-order valence-corrected chi connectivity index (χ1v) is 7.69. The lowest BCUT2D eigenvalue weighted by atomic mass is 9.95. The molecule has 2 nitrogen and oxygen atoms in total. The van der Waals surface area contributed by atoms with Crippen LogP contribution in [0.5, 0.6) is 0 Å². The Labute approximate surface area is 118 Å². The van der Waals surface area contributed by atoms with Crippen molar-refractivity contribution in [1.82, 2.24) is 0 Å². The van der Waals surface area contributed by atoms with Gasteiger partial charge in [-0.25, -0.2) is 0 Å². The number of nitrogens with two attached hydrogens (primary N) is 1. The third-order valence-corrected chi connectivity index (χ3v) is 4.49. The molecule has 1 aromatic rings. The predicted octanol–water partition coefficient (Wildman–Crippen LogP) is 3.45. The molecule has 19 heavy (non-hydrogen) atoms. The molecule has 0 amide bonds. The van der Waals surface area contributed by atoms with Crippen LogP contribution in [0.4, 0.5) is 5.69 Å². The molecular weight excluding hydrogens is 232 g/mol. The minimum Gasteiger partial charge on any atom is -0.371 e. The molecule has 0 aromatic heterocycles. The molecule has 0 bridgehead atoms. The maximum absolute atomic E-state index is 6.01. The second-order valence-electron chi connectivity index (χ2n) is 6.28. The van der Waals surface area contributed by atoms with E-state index >= 15 is 0 Å². The van der Waals surface area contributed by atoms with Gasteiger partial charge < -0.3 is 10.6 Å². The Morgan fingerprint density at radius 3 is 2.47 bits per heavy atom. The fraction of sp³-hybridized carbons (Fsp3) is 0.647. The quantitative estimate of drug-likeness (QED) is 0.878. The fourth-order valence-corrected chi connectivity index (χ4v) is 2.86. The molecule has 1 fully saturated rings. The van der Waals surface area contributed by atoms with Gasteiger partial charge in [0.25, 0.3) is 0 Å². The van der Waals surface area contributed by atoms with E-state index in [4.69, 9.17) is 5.73 Å². The molecule has 0 radical (unpaired) electrons. The van der Waals surface area contributed by atoms with Crippen molar-refractivity contribution in [3.63, 3.8) is 0 Å². The van der Waals surface area contributed by atoms with Crippen molar-refractivity contribution in [2.45, 2.75) is 46.1 Å². The summed E-state index contributed by atoms with van der Waals surface area (Å²) >= 11 is 0. The molecule has 2 N–H and O–H groups in total. The highest BCUT2D eigenvalue weighted by Crippen LogP contribution is 2.28. The zero-order valence-electron chi connectivity index (χ0n) is 12.6. The van der Waals surface area contributed by atoms with Crippen LogP contribution < -0.4 is 10.6 Å². The highest BCUT2D eigenvalue weighted by atomic mass is 15.1. The second-order valence-corrected chi connectivity index (χ2v) is 6.28. The zero-order valence-corrected chi connectivity index (χ0v) is 12.6. The van der Waals surface area contributed by atoms with Crippen molar-refractivity contribution in [3.05, 3.63) is 29.8 Å². The molecule has 0 spiro atoms. The van der Waals surface area contributed by atoms with Gasteiger partial charge in [0.2, 0.25) is 0 Å². The van der Waals surface area contributed by atoms with Gasteiger partial charge in [-0.2, -0.15) is 0 Å². The molecule has 2 heteroatoms. The summed E-state index contributed by atoms with van der Waals surface area (Å²) in [7, 11) is 0. The molecule has 1 aliphatic rings. The van der Waals surface area contributed by atoms with Crippen molar-refractivity contribution < 1.29 is 0 Å². The normalized spacial score (nSPS) is 21.1. The standard InChI is InChI=1S/C17H28N2/c1-4-16(18)11-14-5-7-17(8-6-14)19-10-9-15(12-19)13(2)3/h5-8,13,15-16H,4,9-12,18H2,1-3H3. The summed E-state index contributed by atoms with van der Waals surface area (Å²) < 4.78 is 0. The van der Waals surface area contributed by atoms with Gasteiger partial charge in [-0.3, -0.25) is 0 Å². The molecule has 2 atom stereocenters. The summed E-state index contributed by atoms with van der Waals surface area (Å²) in [5.41, 5.74) is 8.74. The van der Waals surface area contributed by atoms with E-state index in [2.05, 4.69) is 49.9 Å². The SMILES string of the molecule is CCC(N)Cc1ccc(N2CCC(C(C)C)C2)cc1. The molecule has 1 heterocycles. The maximum Gasteiger partial charge on any atom is 0.0366 e. The summed E-state index contributed by atoms with van der Waals surface area (Å²) in [6.45, 7) is 9.24. The second kappa shape index (κ2) is 6.42. The van der Waals surface area contributed by atoms with Crippen LogP contribution in [-0.2, 0) is 6.42 Å². The van der Waals surface area contributed by atoms with Gasteiger partial charge in [-0.05, 0) is 48.8 Å². The largest absolute Gasteiger partial charge is 0.371 e. The van der Waals surface area contributed by atoms with Crippen LogP contribution in [0.3, 0.4) is 0 Å². The maximum atomic E-state index is 6.01. The van der Waals surface area contributed by atoms with Crippen molar-refractivity contribution in [2.75, 3.05) is 18.0 Å². The Morgan fingerprint density at radius 2 is 1.95 bits per heavy atom. The van der Waals surface area contributed by atoms with Gasteiger partial charge in [-0.1, -0.05) is 32.9 Å². The zero-order chi connectivity index (χ0) is 13.8. The van der Waals surface area contributed by atoms with Crippen LogP contribution in [0, 0.1) is 11.8 Å². The highest BCUT2D eigenvalue weighted by molar-refractivity contribution is 5.48. The smallest absolute Gasteiger partial charge is 0.0366 e. The van der Waals surface area contributed by atoms with E-state index in [0.29, 0.717) is 6.04 Å². The molecule has 0 saturated carbocycles. The van der Waals surface area contributed by atoms with Gasteiger partial charge in [0.15, 0.2) is 0 Å². The first-order valence-electron chi connectivity index (χ1n) is 7.69. The summed E-state index contributed by atoms with van der Waals surface area (Å²) in [5, 5.41) is 0. The molecule has 2 rings (SSSR count). The van der Waals surface area contributed by atoms with Gasteiger partial charge in [0.1, 0.15) is 0 Å². The van der Waals surface area contributed by atoms with Gasteiger partial charge in [0.05, 0.1) is 0 Å². The number of rotatable bonds is 5. The minimum atomic E-state index is 0.294.